The highest BCUT2D eigenvalue weighted by atomic mass is 16.6. The molecule has 1 aromatic heterocycles. The molecule has 21 heavy (non-hydrogen) atoms. The summed E-state index contributed by atoms with van der Waals surface area (Å²) in [6, 6.07) is 1.76. The predicted octanol–water partition coefficient (Wildman–Crippen LogP) is 2.87. The largest absolute Gasteiger partial charge is 0.457 e. The van der Waals surface area contributed by atoms with Gasteiger partial charge >= 0.3 is 5.97 Å². The van der Waals surface area contributed by atoms with Gasteiger partial charge in [0.25, 0.3) is 0 Å². The van der Waals surface area contributed by atoms with Gasteiger partial charge in [0.2, 0.25) is 0 Å². The van der Waals surface area contributed by atoms with Crippen LogP contribution in [0.3, 0.4) is 0 Å². The van der Waals surface area contributed by atoms with Crippen LogP contribution in [0.25, 0.3) is 0 Å². The van der Waals surface area contributed by atoms with Gasteiger partial charge in [-0.05, 0) is 32.8 Å². The molecule has 5 nitrogen and oxygen atoms in total. The Morgan fingerprint density at radius 3 is 2.52 bits per heavy atom. The fourth-order valence-corrected chi connectivity index (χ4v) is 3.32. The lowest BCUT2D eigenvalue weighted by Crippen LogP contribution is -2.59. The Bertz CT molecular complexity index is 486. The average molecular weight is 294 g/mol. The number of carbonyl (C=O) groups excluding carboxylic acids is 1. The molecule has 0 amide bonds. The lowest BCUT2D eigenvalue weighted by Gasteiger charge is -2.53. The van der Waals surface area contributed by atoms with E-state index in [0.717, 1.165) is 25.0 Å². The molecule has 2 atom stereocenters. The second-order valence-electron chi connectivity index (χ2n) is 5.81. The van der Waals surface area contributed by atoms with Crippen molar-refractivity contribution in [2.24, 2.45) is 12.5 Å². The fourth-order valence-electron chi connectivity index (χ4n) is 3.32. The molecule has 1 aliphatic rings. The molecule has 0 aliphatic heterocycles. The van der Waals surface area contributed by atoms with Gasteiger partial charge in [0.05, 0.1) is 6.10 Å². The van der Waals surface area contributed by atoms with Crippen molar-refractivity contribution in [3.8, 4) is 0 Å². The smallest absolute Gasteiger partial charge is 0.359 e. The van der Waals surface area contributed by atoms with E-state index >= 15 is 0 Å². The van der Waals surface area contributed by atoms with E-state index in [-0.39, 0.29) is 23.6 Å². The number of ether oxygens (including phenoxy) is 2. The summed E-state index contributed by atoms with van der Waals surface area (Å²) >= 11 is 0. The van der Waals surface area contributed by atoms with Crippen LogP contribution in [0.5, 0.6) is 0 Å². The highest BCUT2D eigenvalue weighted by molar-refractivity contribution is 5.87. The quantitative estimate of drug-likeness (QED) is 0.757. The minimum Gasteiger partial charge on any atom is -0.457 e. The molecule has 0 radical (unpaired) electrons. The van der Waals surface area contributed by atoms with Gasteiger partial charge in [0, 0.05) is 31.2 Å². The number of aryl methyl sites for hydroxylation is 2. The zero-order valence-electron chi connectivity index (χ0n) is 13.7. The monoisotopic (exact) mass is 294 g/mol. The zero-order valence-corrected chi connectivity index (χ0v) is 13.7. The minimum atomic E-state index is -0.329. The van der Waals surface area contributed by atoms with Gasteiger partial charge in [-0.15, -0.1) is 0 Å². The van der Waals surface area contributed by atoms with Gasteiger partial charge in [-0.1, -0.05) is 13.8 Å². The number of aromatic nitrogens is 2. The van der Waals surface area contributed by atoms with Crippen LogP contribution < -0.4 is 0 Å². The summed E-state index contributed by atoms with van der Waals surface area (Å²) in [5.41, 5.74) is 1.28. The van der Waals surface area contributed by atoms with Crippen LogP contribution in [0.4, 0.5) is 0 Å². The fraction of sp³-hybridized carbons (Fsp3) is 0.750. The Labute approximate surface area is 126 Å². The van der Waals surface area contributed by atoms with E-state index in [2.05, 4.69) is 18.9 Å². The third kappa shape index (κ3) is 2.71. The Balaban J connectivity index is 2.07. The van der Waals surface area contributed by atoms with Crippen molar-refractivity contribution in [3.05, 3.63) is 17.5 Å². The lowest BCUT2D eigenvalue weighted by molar-refractivity contribution is -0.195. The molecule has 1 fully saturated rings. The van der Waals surface area contributed by atoms with Crippen LogP contribution in [0, 0.1) is 12.3 Å². The molecule has 0 aromatic carbocycles. The number of carbonyl (C=O) groups is 1. The molecular formula is C16H26N2O3. The van der Waals surface area contributed by atoms with Crippen molar-refractivity contribution in [2.75, 3.05) is 6.61 Å². The topological polar surface area (TPSA) is 53.4 Å². The van der Waals surface area contributed by atoms with Crippen LogP contribution in [0.1, 0.15) is 56.2 Å². The molecule has 118 valence electrons. The minimum absolute atomic E-state index is 0.0461. The summed E-state index contributed by atoms with van der Waals surface area (Å²) in [6.07, 6.45) is 2.81. The van der Waals surface area contributed by atoms with Gasteiger partial charge in [-0.25, -0.2) is 4.79 Å². The van der Waals surface area contributed by atoms with E-state index in [1.54, 1.807) is 10.7 Å². The SMILES string of the molecule is CCO[C@@H]1C[C@@H](OC(=O)c2cc(C)n(C)n2)C1(CC)CC. The predicted molar refractivity (Wildman–Crippen MR) is 80.2 cm³/mol. The number of esters is 1. The standard InChI is InChI=1S/C16H26N2O3/c1-6-16(7-2)13(20-8-3)10-14(16)21-15(19)12-9-11(4)18(5)17-12/h9,13-14H,6-8,10H2,1-5H3/t13-,14-/m1/s1. The third-order valence-electron chi connectivity index (χ3n) is 4.97. The maximum atomic E-state index is 12.3. The molecule has 1 heterocycles. The Morgan fingerprint density at radius 1 is 1.38 bits per heavy atom. The molecule has 0 unspecified atom stereocenters. The highest BCUT2D eigenvalue weighted by Gasteiger charge is 2.55. The van der Waals surface area contributed by atoms with Crippen molar-refractivity contribution in [3.63, 3.8) is 0 Å². The highest BCUT2D eigenvalue weighted by Crippen LogP contribution is 2.50. The first-order valence-corrected chi connectivity index (χ1v) is 7.81. The zero-order chi connectivity index (χ0) is 15.6. The van der Waals surface area contributed by atoms with Crippen molar-refractivity contribution in [1.29, 1.82) is 0 Å². The Hall–Kier alpha value is -1.36. The maximum Gasteiger partial charge on any atom is 0.359 e. The molecule has 1 saturated carbocycles. The van der Waals surface area contributed by atoms with Crippen molar-refractivity contribution < 1.29 is 14.3 Å². The first kappa shape index (κ1) is 16.0. The van der Waals surface area contributed by atoms with Gasteiger partial charge in [0.15, 0.2) is 5.69 Å². The van der Waals surface area contributed by atoms with Crippen LogP contribution >= 0.6 is 0 Å². The molecule has 5 heteroatoms. The van der Waals surface area contributed by atoms with E-state index in [1.807, 2.05) is 20.9 Å². The first-order chi connectivity index (χ1) is 9.98. The lowest BCUT2D eigenvalue weighted by atomic mass is 9.60. The van der Waals surface area contributed by atoms with Crippen LogP contribution in [0.2, 0.25) is 0 Å². The van der Waals surface area contributed by atoms with E-state index < -0.39 is 0 Å². The van der Waals surface area contributed by atoms with E-state index in [9.17, 15) is 4.79 Å². The van der Waals surface area contributed by atoms with Crippen LogP contribution in [0.15, 0.2) is 6.07 Å². The third-order valence-corrected chi connectivity index (χ3v) is 4.97. The van der Waals surface area contributed by atoms with E-state index in [4.69, 9.17) is 9.47 Å². The van der Waals surface area contributed by atoms with Crippen LogP contribution in [-0.2, 0) is 16.5 Å². The maximum absolute atomic E-state index is 12.3. The summed E-state index contributed by atoms with van der Waals surface area (Å²) in [5, 5.41) is 4.19. The molecule has 2 rings (SSSR count). The van der Waals surface area contributed by atoms with E-state index in [0.29, 0.717) is 12.3 Å². The number of hydrogen-bond acceptors (Lipinski definition) is 4. The van der Waals surface area contributed by atoms with Crippen LogP contribution in [-0.4, -0.2) is 34.6 Å². The molecule has 0 spiro atoms. The second-order valence-corrected chi connectivity index (χ2v) is 5.81. The summed E-state index contributed by atoms with van der Waals surface area (Å²) in [4.78, 5) is 12.3. The van der Waals surface area contributed by atoms with Gasteiger partial charge in [-0.2, -0.15) is 5.10 Å². The molecular weight excluding hydrogens is 268 g/mol. The number of rotatable bonds is 6. The normalized spacial score (nSPS) is 23.7. The molecule has 0 saturated heterocycles. The Kier molecular flexibility index (Phi) is 4.71. The number of hydrogen-bond donors (Lipinski definition) is 0. The van der Waals surface area contributed by atoms with Gasteiger partial charge in [0.1, 0.15) is 6.10 Å². The number of nitrogens with zero attached hydrogens (tertiary/aromatic N) is 2. The van der Waals surface area contributed by atoms with Crippen molar-refractivity contribution in [1.82, 2.24) is 9.78 Å². The van der Waals surface area contributed by atoms with Crippen molar-refractivity contribution >= 4 is 5.97 Å². The Morgan fingerprint density at radius 2 is 2.05 bits per heavy atom. The van der Waals surface area contributed by atoms with Gasteiger partial charge in [-0.3, -0.25) is 4.68 Å². The van der Waals surface area contributed by atoms with E-state index in [1.165, 1.54) is 0 Å². The molecule has 0 N–H and O–H groups in total. The summed E-state index contributed by atoms with van der Waals surface area (Å²) in [6.45, 7) is 8.90. The average Bonchev–Trinajstić information content (AvgIpc) is 2.79. The van der Waals surface area contributed by atoms with Crippen molar-refractivity contribution in [2.45, 2.75) is 59.2 Å². The summed E-state index contributed by atoms with van der Waals surface area (Å²) in [7, 11) is 1.82. The summed E-state index contributed by atoms with van der Waals surface area (Å²) in [5.74, 6) is -0.329. The molecule has 1 aliphatic carbocycles. The molecule has 0 bridgehead atoms. The van der Waals surface area contributed by atoms with Gasteiger partial charge < -0.3 is 9.47 Å². The second kappa shape index (κ2) is 6.18. The summed E-state index contributed by atoms with van der Waals surface area (Å²) < 4.78 is 13.2. The molecule has 1 aromatic rings. The first-order valence-electron chi connectivity index (χ1n) is 7.81.